The molecule has 150 valence electrons. The fourth-order valence-corrected chi connectivity index (χ4v) is 4.40. The summed E-state index contributed by atoms with van der Waals surface area (Å²) in [7, 11) is 0. The minimum absolute atomic E-state index is 0.379. The summed E-state index contributed by atoms with van der Waals surface area (Å²) in [6, 6.07) is 0. The van der Waals surface area contributed by atoms with Crippen molar-refractivity contribution in [2.24, 2.45) is 27.6 Å². The quantitative estimate of drug-likeness (QED) is 0.698. The Balaban J connectivity index is 4.19. The van der Waals surface area contributed by atoms with E-state index in [9.17, 15) is 15.0 Å². The van der Waals surface area contributed by atoms with Crippen LogP contribution in [0.25, 0.3) is 0 Å². The highest BCUT2D eigenvalue weighted by atomic mass is 16.4. The lowest BCUT2D eigenvalue weighted by Gasteiger charge is -2.56. The molecule has 3 nitrogen and oxygen atoms in total. The number of carbonyl (C=O) groups is 1. The number of hydrogen-bond donors (Lipinski definition) is 1. The van der Waals surface area contributed by atoms with Crippen molar-refractivity contribution >= 4 is 5.97 Å². The van der Waals surface area contributed by atoms with Crippen LogP contribution in [0.15, 0.2) is 22.8 Å². The zero-order valence-corrected chi connectivity index (χ0v) is 18.9. The minimum Gasteiger partial charge on any atom is -0.549 e. The highest BCUT2D eigenvalue weighted by Gasteiger charge is 2.56. The predicted molar refractivity (Wildman–Crippen MR) is 106 cm³/mol. The van der Waals surface area contributed by atoms with Crippen molar-refractivity contribution < 1.29 is 15.0 Å². The molecule has 0 aromatic carbocycles. The van der Waals surface area contributed by atoms with E-state index in [0.717, 1.165) is 16.7 Å². The van der Waals surface area contributed by atoms with Crippen LogP contribution in [0.4, 0.5) is 0 Å². The van der Waals surface area contributed by atoms with Crippen LogP contribution in [0.5, 0.6) is 0 Å². The van der Waals surface area contributed by atoms with Crippen molar-refractivity contribution in [1.29, 1.82) is 0 Å². The highest BCUT2D eigenvalue weighted by molar-refractivity contribution is 5.77. The summed E-state index contributed by atoms with van der Waals surface area (Å²) in [5, 5.41) is 24.4. The summed E-state index contributed by atoms with van der Waals surface area (Å²) in [6.45, 7) is 24.4. The Morgan fingerprint density at radius 1 is 0.885 bits per heavy atom. The maximum Gasteiger partial charge on any atom is 0.113 e. The monoisotopic (exact) mass is 363 g/mol. The molecule has 0 amide bonds. The number of aliphatic hydroxyl groups is 1. The van der Waals surface area contributed by atoms with Gasteiger partial charge in [-0.25, -0.2) is 0 Å². The maximum absolute atomic E-state index is 12.3. The molecule has 0 saturated heterocycles. The van der Waals surface area contributed by atoms with E-state index >= 15 is 0 Å². The van der Waals surface area contributed by atoms with Crippen LogP contribution in [0, 0.1) is 27.6 Å². The summed E-state index contributed by atoms with van der Waals surface area (Å²) in [6.07, 6.45) is 1.76. The first kappa shape index (κ1) is 23.0. The molecule has 0 aromatic heterocycles. The summed E-state index contributed by atoms with van der Waals surface area (Å²) in [4.78, 5) is 12.1. The second-order valence-corrected chi connectivity index (χ2v) is 11.9. The molecule has 0 fully saturated rings. The summed E-state index contributed by atoms with van der Waals surface area (Å²) in [5.74, 6) is -1.93. The molecule has 2 unspecified atom stereocenters. The van der Waals surface area contributed by atoms with Gasteiger partial charge in [0.1, 0.15) is 5.60 Å². The molecule has 1 rings (SSSR count). The molecule has 26 heavy (non-hydrogen) atoms. The molecule has 1 N–H and O–H groups in total. The van der Waals surface area contributed by atoms with Crippen molar-refractivity contribution in [3.05, 3.63) is 22.8 Å². The standard InChI is InChI=1S/C23H40O3/c1-19(2,3)15-13-14(18(24)25)16(20(4,5)6)17(21(7,8)9)23(15,26)22(10,11)12/h13-14,26H,1-12H3,(H,24,25)/p-1. The van der Waals surface area contributed by atoms with Crippen LogP contribution < -0.4 is 5.11 Å². The summed E-state index contributed by atoms with van der Waals surface area (Å²) in [5.41, 5.74) is -0.558. The van der Waals surface area contributed by atoms with E-state index in [2.05, 4.69) is 20.8 Å². The Labute approximate surface area is 160 Å². The molecule has 2 atom stereocenters. The zero-order chi connectivity index (χ0) is 21.1. The Kier molecular flexibility index (Phi) is 5.49. The Morgan fingerprint density at radius 2 is 1.31 bits per heavy atom. The molecular formula is C23H39O3-. The van der Waals surface area contributed by atoms with Crippen LogP contribution in [-0.4, -0.2) is 16.7 Å². The van der Waals surface area contributed by atoms with Gasteiger partial charge in [0.25, 0.3) is 0 Å². The molecule has 3 heteroatoms. The average molecular weight is 364 g/mol. The lowest BCUT2D eigenvalue weighted by Crippen LogP contribution is -2.56. The van der Waals surface area contributed by atoms with E-state index in [1.54, 1.807) is 6.08 Å². The summed E-state index contributed by atoms with van der Waals surface area (Å²) < 4.78 is 0. The van der Waals surface area contributed by atoms with Crippen LogP contribution in [0.2, 0.25) is 0 Å². The third-order valence-corrected chi connectivity index (χ3v) is 5.37. The molecule has 0 spiro atoms. The summed E-state index contributed by atoms with van der Waals surface area (Å²) >= 11 is 0. The van der Waals surface area contributed by atoms with Crippen LogP contribution >= 0.6 is 0 Å². The second kappa shape index (κ2) is 6.22. The van der Waals surface area contributed by atoms with Gasteiger partial charge in [0.05, 0.1) is 5.97 Å². The Morgan fingerprint density at radius 3 is 1.54 bits per heavy atom. The smallest absolute Gasteiger partial charge is 0.113 e. The fraction of sp³-hybridized carbons (Fsp3) is 0.783. The molecule has 1 aliphatic carbocycles. The minimum atomic E-state index is -1.24. The topological polar surface area (TPSA) is 60.4 Å². The average Bonchev–Trinajstić information content (AvgIpc) is 2.31. The molecule has 0 bridgehead atoms. The predicted octanol–water partition coefficient (Wildman–Crippen LogP) is 4.50. The fourth-order valence-electron chi connectivity index (χ4n) is 4.40. The molecular weight excluding hydrogens is 324 g/mol. The molecule has 0 aliphatic heterocycles. The van der Waals surface area contributed by atoms with Gasteiger partial charge in [0.15, 0.2) is 0 Å². The number of carboxylic acid groups (broad SMARTS) is 1. The molecule has 0 aromatic rings. The first-order valence-corrected chi connectivity index (χ1v) is 9.58. The van der Waals surface area contributed by atoms with Gasteiger partial charge in [0.2, 0.25) is 0 Å². The number of carbonyl (C=O) groups excluding carboxylic acids is 1. The van der Waals surface area contributed by atoms with Crippen LogP contribution in [0.1, 0.15) is 83.1 Å². The van der Waals surface area contributed by atoms with Crippen LogP contribution in [0.3, 0.4) is 0 Å². The zero-order valence-electron chi connectivity index (χ0n) is 18.9. The lowest BCUT2D eigenvalue weighted by atomic mass is 9.51. The number of hydrogen-bond acceptors (Lipinski definition) is 3. The van der Waals surface area contributed by atoms with E-state index in [1.165, 1.54) is 0 Å². The van der Waals surface area contributed by atoms with Gasteiger partial charge in [0, 0.05) is 5.92 Å². The largest absolute Gasteiger partial charge is 0.549 e. The van der Waals surface area contributed by atoms with Gasteiger partial charge < -0.3 is 15.0 Å². The maximum atomic E-state index is 12.3. The van der Waals surface area contributed by atoms with Crippen molar-refractivity contribution in [2.75, 3.05) is 0 Å². The number of carboxylic acids is 1. The Bertz CT molecular complexity index is 637. The molecule has 0 radical (unpaired) electrons. The van der Waals surface area contributed by atoms with Gasteiger partial charge in [-0.3, -0.25) is 0 Å². The number of aliphatic carboxylic acids is 1. The van der Waals surface area contributed by atoms with E-state index in [4.69, 9.17) is 0 Å². The van der Waals surface area contributed by atoms with Crippen molar-refractivity contribution in [3.8, 4) is 0 Å². The number of rotatable bonds is 1. The van der Waals surface area contributed by atoms with Gasteiger partial charge in [-0.05, 0) is 38.4 Å². The van der Waals surface area contributed by atoms with E-state index in [1.807, 2.05) is 62.3 Å². The van der Waals surface area contributed by atoms with Gasteiger partial charge >= 0.3 is 0 Å². The molecule has 1 aliphatic rings. The molecule has 0 saturated carbocycles. The lowest BCUT2D eigenvalue weighted by molar-refractivity contribution is -0.308. The van der Waals surface area contributed by atoms with Crippen LogP contribution in [-0.2, 0) is 4.79 Å². The first-order chi connectivity index (χ1) is 11.2. The SMILES string of the molecule is CC(C)(C)C1=CC(C(=O)[O-])C(C(C)(C)C)=C(C(C)(C)C)C1(O)C(C)(C)C. The van der Waals surface area contributed by atoms with Crippen molar-refractivity contribution in [1.82, 2.24) is 0 Å². The third-order valence-electron chi connectivity index (χ3n) is 5.37. The van der Waals surface area contributed by atoms with Gasteiger partial charge in [-0.1, -0.05) is 89.2 Å². The highest BCUT2D eigenvalue weighted by Crippen LogP contribution is 2.59. The van der Waals surface area contributed by atoms with Crippen molar-refractivity contribution in [2.45, 2.75) is 88.7 Å². The normalized spacial score (nSPS) is 26.0. The first-order valence-electron chi connectivity index (χ1n) is 9.58. The van der Waals surface area contributed by atoms with E-state index in [0.29, 0.717) is 0 Å². The van der Waals surface area contributed by atoms with Gasteiger partial charge in [-0.2, -0.15) is 0 Å². The Hall–Kier alpha value is -1.09. The van der Waals surface area contributed by atoms with E-state index in [-0.39, 0.29) is 5.41 Å². The van der Waals surface area contributed by atoms with E-state index < -0.39 is 33.7 Å². The van der Waals surface area contributed by atoms with Gasteiger partial charge in [-0.15, -0.1) is 0 Å². The van der Waals surface area contributed by atoms with Crippen molar-refractivity contribution in [3.63, 3.8) is 0 Å². The second-order valence-electron chi connectivity index (χ2n) is 11.9. The third kappa shape index (κ3) is 3.78. The molecule has 0 heterocycles.